The van der Waals surface area contributed by atoms with E-state index in [0.29, 0.717) is 22.0 Å². The summed E-state index contributed by atoms with van der Waals surface area (Å²) in [5, 5.41) is 10.9. The number of para-hydroxylation sites is 1. The Bertz CT molecular complexity index is 1030. The SMILES string of the molecule is C=CCSC1=NN2C(=c3ccccc3=N[C@H]2c2ccc(F)cc2)C(=O)N1. The molecule has 0 saturated carbocycles. The molecule has 4 rings (SSSR count). The summed E-state index contributed by atoms with van der Waals surface area (Å²) in [6, 6.07) is 13.5. The number of amidine groups is 1. The van der Waals surface area contributed by atoms with E-state index in [0.717, 1.165) is 10.8 Å². The highest BCUT2D eigenvalue weighted by molar-refractivity contribution is 8.14. The lowest BCUT2D eigenvalue weighted by Crippen LogP contribution is -2.50. The average Bonchev–Trinajstić information content (AvgIpc) is 2.66. The number of hydrogen-bond donors (Lipinski definition) is 1. The number of hydrogen-bond acceptors (Lipinski definition) is 5. The summed E-state index contributed by atoms with van der Waals surface area (Å²) in [7, 11) is 0. The molecule has 0 unspecified atom stereocenters. The molecule has 2 aliphatic heterocycles. The zero-order valence-electron chi connectivity index (χ0n) is 13.7. The van der Waals surface area contributed by atoms with Crippen LogP contribution in [-0.4, -0.2) is 21.8 Å². The maximum Gasteiger partial charge on any atom is 0.276 e. The number of halogens is 1. The maximum atomic E-state index is 13.3. The molecule has 130 valence electrons. The van der Waals surface area contributed by atoms with Crippen LogP contribution in [0.5, 0.6) is 0 Å². The van der Waals surface area contributed by atoms with Gasteiger partial charge in [-0.15, -0.1) is 11.7 Å². The Morgan fingerprint density at radius 1 is 1.23 bits per heavy atom. The highest BCUT2D eigenvalue weighted by Crippen LogP contribution is 2.30. The molecule has 0 spiro atoms. The molecule has 0 aliphatic carbocycles. The first-order valence-corrected chi connectivity index (χ1v) is 9.01. The van der Waals surface area contributed by atoms with Gasteiger partial charge < -0.3 is 0 Å². The zero-order valence-corrected chi connectivity index (χ0v) is 14.5. The third-order valence-corrected chi connectivity index (χ3v) is 4.88. The summed E-state index contributed by atoms with van der Waals surface area (Å²) in [5.41, 5.74) is 1.19. The number of carbonyl (C=O) groups is 1. The maximum absolute atomic E-state index is 13.3. The average molecular weight is 366 g/mol. The van der Waals surface area contributed by atoms with Crippen LogP contribution in [0.4, 0.5) is 4.39 Å². The van der Waals surface area contributed by atoms with Crippen molar-refractivity contribution in [1.82, 2.24) is 10.3 Å². The van der Waals surface area contributed by atoms with Crippen molar-refractivity contribution in [2.75, 3.05) is 5.75 Å². The normalized spacial score (nSPS) is 18.3. The minimum Gasteiger partial charge on any atom is -0.298 e. The lowest BCUT2D eigenvalue weighted by molar-refractivity contribution is -0.116. The van der Waals surface area contributed by atoms with Crippen LogP contribution in [0.25, 0.3) is 5.70 Å². The Hall–Kier alpha value is -2.93. The second-order valence-corrected chi connectivity index (χ2v) is 6.73. The summed E-state index contributed by atoms with van der Waals surface area (Å²) >= 11 is 1.38. The van der Waals surface area contributed by atoms with Gasteiger partial charge in [-0.3, -0.25) is 15.1 Å². The standard InChI is InChI=1S/C19H15FN4OS/c1-2-11-26-19-22-18(25)16-14-5-3-4-6-15(14)21-17(24(16)23-19)12-7-9-13(20)10-8-12/h2-10,17H,1,11H2,(H,22,23,25)/t17-/m1/s1. The third-order valence-electron chi connectivity index (χ3n) is 4.02. The summed E-state index contributed by atoms with van der Waals surface area (Å²) in [6.45, 7) is 3.68. The molecule has 7 heteroatoms. The number of thioether (sulfide) groups is 1. The van der Waals surface area contributed by atoms with E-state index in [-0.39, 0.29) is 11.7 Å². The van der Waals surface area contributed by atoms with Crippen molar-refractivity contribution >= 4 is 28.5 Å². The topological polar surface area (TPSA) is 57.1 Å². The predicted octanol–water partition coefficient (Wildman–Crippen LogP) is 1.89. The van der Waals surface area contributed by atoms with Crippen molar-refractivity contribution in [2.45, 2.75) is 6.17 Å². The number of fused-ring (bicyclic) bond motifs is 2. The highest BCUT2D eigenvalue weighted by Gasteiger charge is 2.34. The minimum atomic E-state index is -0.536. The van der Waals surface area contributed by atoms with Crippen molar-refractivity contribution in [3.8, 4) is 0 Å². The van der Waals surface area contributed by atoms with Crippen LogP contribution in [0.3, 0.4) is 0 Å². The second-order valence-electron chi connectivity index (χ2n) is 5.72. The van der Waals surface area contributed by atoms with Gasteiger partial charge in [0.2, 0.25) is 0 Å². The van der Waals surface area contributed by atoms with Gasteiger partial charge in [0.05, 0.1) is 5.36 Å². The fraction of sp³-hybridized carbons (Fsp3) is 0.105. The predicted molar refractivity (Wildman–Crippen MR) is 99.8 cm³/mol. The molecule has 1 N–H and O–H groups in total. The van der Waals surface area contributed by atoms with Crippen LogP contribution in [-0.2, 0) is 4.79 Å². The number of rotatable bonds is 3. The lowest BCUT2D eigenvalue weighted by Gasteiger charge is -2.34. The summed E-state index contributed by atoms with van der Waals surface area (Å²) in [4.78, 5) is 17.5. The molecule has 2 aliphatic rings. The molecule has 0 radical (unpaired) electrons. The monoisotopic (exact) mass is 366 g/mol. The van der Waals surface area contributed by atoms with E-state index in [2.05, 4.69) is 17.0 Å². The molecule has 0 aromatic heterocycles. The molecular formula is C19H15FN4OS. The van der Waals surface area contributed by atoms with Gasteiger partial charge >= 0.3 is 0 Å². The van der Waals surface area contributed by atoms with Crippen LogP contribution in [0, 0.1) is 5.82 Å². The van der Waals surface area contributed by atoms with Crippen molar-refractivity contribution in [3.05, 3.63) is 83.1 Å². The first-order chi connectivity index (χ1) is 12.7. The van der Waals surface area contributed by atoms with E-state index in [9.17, 15) is 9.18 Å². The van der Waals surface area contributed by atoms with Gasteiger partial charge in [0.15, 0.2) is 11.3 Å². The molecule has 2 aromatic rings. The highest BCUT2D eigenvalue weighted by atomic mass is 32.2. The van der Waals surface area contributed by atoms with Crippen LogP contribution in [0.2, 0.25) is 0 Å². The molecule has 2 aromatic carbocycles. The molecule has 0 saturated heterocycles. The zero-order chi connectivity index (χ0) is 18.1. The van der Waals surface area contributed by atoms with Crippen LogP contribution in [0.1, 0.15) is 11.7 Å². The molecular weight excluding hydrogens is 351 g/mol. The molecule has 1 amide bonds. The Labute approximate surface area is 153 Å². The van der Waals surface area contributed by atoms with Crippen LogP contribution >= 0.6 is 11.8 Å². The van der Waals surface area contributed by atoms with Gasteiger partial charge in [-0.2, -0.15) is 0 Å². The largest absolute Gasteiger partial charge is 0.298 e. The van der Waals surface area contributed by atoms with E-state index in [4.69, 9.17) is 4.99 Å². The van der Waals surface area contributed by atoms with Gasteiger partial charge in [0.25, 0.3) is 5.91 Å². The van der Waals surface area contributed by atoms with Crippen molar-refractivity contribution < 1.29 is 9.18 Å². The Kier molecular flexibility index (Phi) is 4.30. The van der Waals surface area contributed by atoms with Gasteiger partial charge in [0, 0.05) is 11.0 Å². The third kappa shape index (κ3) is 2.90. The molecule has 1 atom stereocenters. The number of nitrogens with one attached hydrogen (secondary N) is 1. The Balaban J connectivity index is 1.90. The number of hydrazone groups is 1. The molecule has 26 heavy (non-hydrogen) atoms. The molecule has 0 fully saturated rings. The van der Waals surface area contributed by atoms with E-state index < -0.39 is 6.17 Å². The van der Waals surface area contributed by atoms with Gasteiger partial charge in [-0.1, -0.05) is 48.2 Å². The molecule has 5 nitrogen and oxygen atoms in total. The summed E-state index contributed by atoms with van der Waals surface area (Å²) in [5.74, 6) is 0.0642. The van der Waals surface area contributed by atoms with E-state index in [1.165, 1.54) is 23.9 Å². The summed E-state index contributed by atoms with van der Waals surface area (Å²) in [6.07, 6.45) is 1.21. The minimum absolute atomic E-state index is 0.235. The number of carbonyl (C=O) groups excluding carboxylic acids is 1. The fourth-order valence-corrected chi connectivity index (χ4v) is 3.47. The smallest absolute Gasteiger partial charge is 0.276 e. The number of amides is 1. The van der Waals surface area contributed by atoms with Crippen molar-refractivity contribution in [3.63, 3.8) is 0 Å². The van der Waals surface area contributed by atoms with Crippen LogP contribution < -0.4 is 15.9 Å². The first-order valence-electron chi connectivity index (χ1n) is 8.03. The number of nitrogens with zero attached hydrogens (tertiary/aromatic N) is 3. The summed E-state index contributed by atoms with van der Waals surface area (Å²) < 4.78 is 13.3. The van der Waals surface area contributed by atoms with Crippen molar-refractivity contribution in [1.29, 1.82) is 0 Å². The fourth-order valence-electron chi connectivity index (χ4n) is 2.88. The quantitative estimate of drug-likeness (QED) is 0.844. The van der Waals surface area contributed by atoms with Crippen molar-refractivity contribution in [2.24, 2.45) is 10.1 Å². The molecule has 0 bridgehead atoms. The van der Waals surface area contributed by atoms with E-state index in [1.54, 1.807) is 23.2 Å². The van der Waals surface area contributed by atoms with Gasteiger partial charge in [-0.25, -0.2) is 9.40 Å². The lowest BCUT2D eigenvalue weighted by atomic mass is 10.1. The van der Waals surface area contributed by atoms with E-state index in [1.807, 2.05) is 24.3 Å². The second kappa shape index (κ2) is 6.76. The first kappa shape index (κ1) is 16.5. The van der Waals surface area contributed by atoms with Gasteiger partial charge in [-0.05, 0) is 23.8 Å². The van der Waals surface area contributed by atoms with E-state index >= 15 is 0 Å². The number of benzene rings is 2. The van der Waals surface area contributed by atoms with Crippen LogP contribution in [0.15, 0.2) is 71.3 Å². The Morgan fingerprint density at radius 3 is 2.77 bits per heavy atom. The van der Waals surface area contributed by atoms with Gasteiger partial charge in [0.1, 0.15) is 11.5 Å². The molecule has 2 heterocycles. The Morgan fingerprint density at radius 2 is 2.00 bits per heavy atom.